The Morgan fingerprint density at radius 2 is 1.74 bits per heavy atom. The average Bonchev–Trinajstić information content (AvgIpc) is 3.06. The second-order valence-electron chi connectivity index (χ2n) is 7.25. The van der Waals surface area contributed by atoms with Crippen molar-refractivity contribution in [3.63, 3.8) is 0 Å². The maximum Gasteiger partial charge on any atom is 0.301 e. The topological polar surface area (TPSA) is 69.1 Å². The van der Waals surface area contributed by atoms with Crippen LogP contribution in [0.3, 0.4) is 0 Å². The third-order valence-corrected chi connectivity index (χ3v) is 5.13. The van der Waals surface area contributed by atoms with Gasteiger partial charge in [-0.15, -0.1) is 0 Å². The first-order valence-electron chi connectivity index (χ1n) is 9.89. The summed E-state index contributed by atoms with van der Waals surface area (Å²) >= 11 is 6.28. The fourth-order valence-electron chi connectivity index (χ4n) is 3.21. The van der Waals surface area contributed by atoms with Crippen LogP contribution in [0.4, 0.5) is 17.1 Å². The third-order valence-electron chi connectivity index (χ3n) is 4.81. The lowest BCUT2D eigenvalue weighted by Gasteiger charge is -2.13. The molecule has 3 aromatic carbocycles. The van der Waals surface area contributed by atoms with Gasteiger partial charge in [-0.25, -0.2) is 0 Å². The van der Waals surface area contributed by atoms with Crippen molar-refractivity contribution in [2.45, 2.75) is 20.4 Å². The van der Waals surface area contributed by atoms with Gasteiger partial charge >= 0.3 is 5.91 Å². The van der Waals surface area contributed by atoms with E-state index in [4.69, 9.17) is 11.6 Å². The number of carbonyl (C=O) groups is 1. The molecule has 156 valence electrons. The van der Waals surface area contributed by atoms with Crippen LogP contribution in [0.25, 0.3) is 0 Å². The largest absolute Gasteiger partial charge is 0.381 e. The van der Waals surface area contributed by atoms with E-state index in [1.807, 2.05) is 73.7 Å². The molecule has 0 saturated heterocycles. The molecule has 0 aliphatic carbocycles. The van der Waals surface area contributed by atoms with Crippen molar-refractivity contribution >= 4 is 46.0 Å². The van der Waals surface area contributed by atoms with Crippen LogP contribution in [0.5, 0.6) is 0 Å². The summed E-state index contributed by atoms with van der Waals surface area (Å²) in [6.45, 7) is 4.37. The highest BCUT2D eigenvalue weighted by Crippen LogP contribution is 2.29. The highest BCUT2D eigenvalue weighted by Gasteiger charge is 2.32. The summed E-state index contributed by atoms with van der Waals surface area (Å²) in [5.41, 5.74) is 8.23. The van der Waals surface area contributed by atoms with Crippen molar-refractivity contribution in [1.82, 2.24) is 0 Å². The minimum Gasteiger partial charge on any atom is -0.381 e. The van der Waals surface area contributed by atoms with Crippen molar-refractivity contribution in [2.75, 3.05) is 15.8 Å². The number of benzene rings is 3. The zero-order valence-corrected chi connectivity index (χ0v) is 18.0. The molecule has 0 fully saturated rings. The Bertz CT molecular complexity index is 1170. The fourth-order valence-corrected chi connectivity index (χ4v) is 3.40. The van der Waals surface area contributed by atoms with Gasteiger partial charge in [0.05, 0.1) is 22.1 Å². The van der Waals surface area contributed by atoms with Crippen molar-refractivity contribution in [2.24, 2.45) is 10.2 Å². The molecule has 1 amide bonds. The molecule has 0 saturated carbocycles. The zero-order valence-electron chi connectivity index (χ0n) is 17.3. The van der Waals surface area contributed by atoms with Crippen LogP contribution in [0.1, 0.15) is 18.1 Å². The number of hydrogen-bond acceptors (Lipinski definition) is 5. The van der Waals surface area contributed by atoms with Crippen LogP contribution in [-0.4, -0.2) is 17.3 Å². The Hall–Kier alpha value is -3.64. The van der Waals surface area contributed by atoms with Crippen LogP contribution in [-0.2, 0) is 11.3 Å². The number of halogens is 1. The van der Waals surface area contributed by atoms with E-state index in [0.717, 1.165) is 22.5 Å². The minimum atomic E-state index is -0.320. The van der Waals surface area contributed by atoms with E-state index in [1.54, 1.807) is 13.0 Å². The lowest BCUT2D eigenvalue weighted by molar-refractivity contribution is -0.112. The molecule has 31 heavy (non-hydrogen) atoms. The van der Waals surface area contributed by atoms with Crippen molar-refractivity contribution in [1.29, 1.82) is 0 Å². The van der Waals surface area contributed by atoms with E-state index in [2.05, 4.69) is 20.9 Å². The number of nitrogens with zero attached hydrogens (tertiary/aromatic N) is 3. The molecule has 7 heteroatoms. The van der Waals surface area contributed by atoms with E-state index in [1.165, 1.54) is 5.01 Å². The van der Waals surface area contributed by atoms with Gasteiger partial charge in [0.25, 0.3) is 0 Å². The number of aryl methyl sites for hydroxylation is 1. The number of para-hydroxylation sites is 1. The molecule has 0 aromatic heterocycles. The third kappa shape index (κ3) is 4.75. The maximum atomic E-state index is 12.9. The normalized spacial score (nSPS) is 14.7. The summed E-state index contributed by atoms with van der Waals surface area (Å²) in [4.78, 5) is 12.9. The molecule has 0 unspecified atom stereocenters. The van der Waals surface area contributed by atoms with Gasteiger partial charge in [-0.1, -0.05) is 48.0 Å². The van der Waals surface area contributed by atoms with Gasteiger partial charge in [0.2, 0.25) is 0 Å². The van der Waals surface area contributed by atoms with Gasteiger partial charge in [-0.05, 0) is 61.4 Å². The standard InChI is InChI=1S/C24H22ClN5O/c1-16-11-12-21(25)22(13-16)30-24(31)23(17(2)29-30)28-27-20-10-6-7-18(14-20)15-26-19-8-4-3-5-9-19/h3-14,26-27H,15H2,1-2H3/b28-23-. The molecule has 0 spiro atoms. The van der Waals surface area contributed by atoms with E-state index < -0.39 is 0 Å². The van der Waals surface area contributed by atoms with Crippen LogP contribution in [0, 0.1) is 6.92 Å². The van der Waals surface area contributed by atoms with Crippen LogP contribution < -0.4 is 15.8 Å². The Kier molecular flexibility index (Phi) is 6.00. The SMILES string of the molecule is CC1=NN(c2cc(C)ccc2Cl)C(=O)/C1=N\Nc1cccc(CNc2ccccc2)c1. The summed E-state index contributed by atoms with van der Waals surface area (Å²) in [7, 11) is 0. The summed E-state index contributed by atoms with van der Waals surface area (Å²) in [6, 6.07) is 23.4. The monoisotopic (exact) mass is 431 g/mol. The highest BCUT2D eigenvalue weighted by molar-refractivity contribution is 6.71. The number of hydrazone groups is 2. The van der Waals surface area contributed by atoms with Crippen LogP contribution in [0.2, 0.25) is 5.02 Å². The van der Waals surface area contributed by atoms with Crippen LogP contribution in [0.15, 0.2) is 83.0 Å². The predicted molar refractivity (Wildman–Crippen MR) is 128 cm³/mol. The Balaban J connectivity index is 1.47. The van der Waals surface area contributed by atoms with Crippen molar-refractivity contribution < 1.29 is 4.79 Å². The van der Waals surface area contributed by atoms with Gasteiger partial charge < -0.3 is 5.32 Å². The Morgan fingerprint density at radius 1 is 0.968 bits per heavy atom. The summed E-state index contributed by atoms with van der Waals surface area (Å²) < 4.78 is 0. The second kappa shape index (κ2) is 9.02. The number of anilines is 3. The average molecular weight is 432 g/mol. The molecule has 3 aromatic rings. The molecular formula is C24H22ClN5O. The second-order valence-corrected chi connectivity index (χ2v) is 7.66. The maximum absolute atomic E-state index is 12.9. The fraction of sp³-hybridized carbons (Fsp3) is 0.125. The molecule has 1 aliphatic rings. The molecule has 1 aliphatic heterocycles. The van der Waals surface area contributed by atoms with Gasteiger partial charge in [0.1, 0.15) is 0 Å². The molecular weight excluding hydrogens is 410 g/mol. The van der Waals surface area contributed by atoms with E-state index in [9.17, 15) is 4.79 Å². The summed E-state index contributed by atoms with van der Waals surface area (Å²) in [5, 5.41) is 13.8. The first kappa shape index (κ1) is 20.6. The number of amides is 1. The first-order chi connectivity index (χ1) is 15.0. The molecule has 0 bridgehead atoms. The zero-order chi connectivity index (χ0) is 21.8. The predicted octanol–water partition coefficient (Wildman–Crippen LogP) is 5.45. The van der Waals surface area contributed by atoms with Gasteiger partial charge in [0, 0.05) is 12.2 Å². The molecule has 1 heterocycles. The Morgan fingerprint density at radius 3 is 2.55 bits per heavy atom. The van der Waals surface area contributed by atoms with Gasteiger partial charge in [-0.2, -0.15) is 15.2 Å². The first-order valence-corrected chi connectivity index (χ1v) is 10.3. The van der Waals surface area contributed by atoms with Crippen LogP contribution >= 0.6 is 11.6 Å². The van der Waals surface area contributed by atoms with E-state index >= 15 is 0 Å². The number of rotatable bonds is 6. The molecule has 4 rings (SSSR count). The molecule has 6 nitrogen and oxygen atoms in total. The Labute approximate surface area is 186 Å². The van der Waals surface area contributed by atoms with Gasteiger partial charge in [-0.3, -0.25) is 10.2 Å². The number of hydrogen-bond donors (Lipinski definition) is 2. The highest BCUT2D eigenvalue weighted by atomic mass is 35.5. The summed E-state index contributed by atoms with van der Waals surface area (Å²) in [6.07, 6.45) is 0. The summed E-state index contributed by atoms with van der Waals surface area (Å²) in [5.74, 6) is -0.320. The van der Waals surface area contributed by atoms with E-state index in [0.29, 0.717) is 23.0 Å². The van der Waals surface area contributed by atoms with Gasteiger partial charge in [0.15, 0.2) is 5.71 Å². The number of nitrogens with one attached hydrogen (secondary N) is 2. The molecule has 0 radical (unpaired) electrons. The quantitative estimate of drug-likeness (QED) is 0.510. The lowest BCUT2D eigenvalue weighted by atomic mass is 10.2. The lowest BCUT2D eigenvalue weighted by Crippen LogP contribution is -2.28. The molecule has 0 atom stereocenters. The minimum absolute atomic E-state index is 0.255. The van der Waals surface area contributed by atoms with Crippen molar-refractivity contribution in [3.05, 3.63) is 88.9 Å². The number of carbonyl (C=O) groups excluding carboxylic acids is 1. The smallest absolute Gasteiger partial charge is 0.301 e. The van der Waals surface area contributed by atoms with E-state index in [-0.39, 0.29) is 11.6 Å². The molecule has 2 N–H and O–H groups in total. The van der Waals surface area contributed by atoms with Crippen molar-refractivity contribution in [3.8, 4) is 0 Å².